The topological polar surface area (TPSA) is 37.4 Å². The Bertz CT molecular complexity index is 492. The summed E-state index contributed by atoms with van der Waals surface area (Å²) in [5.74, 6) is 1.09. The van der Waals surface area contributed by atoms with E-state index in [9.17, 15) is 9.59 Å². The molecule has 2 saturated carbocycles. The van der Waals surface area contributed by atoms with Crippen LogP contribution in [0.4, 0.5) is 0 Å². The van der Waals surface area contributed by atoms with Gasteiger partial charge in [0.25, 0.3) is 0 Å². The van der Waals surface area contributed by atoms with Crippen molar-refractivity contribution in [2.75, 3.05) is 7.05 Å². The molecule has 3 rings (SSSR count). The first-order valence-corrected chi connectivity index (χ1v) is 10.5. The second kappa shape index (κ2) is 7.08. The fourth-order valence-corrected chi connectivity index (χ4v) is 5.65. The van der Waals surface area contributed by atoms with Crippen LogP contribution in [-0.2, 0) is 9.59 Å². The summed E-state index contributed by atoms with van der Waals surface area (Å²) in [7, 11) is 4.10. The summed E-state index contributed by atoms with van der Waals surface area (Å²) in [5.41, 5.74) is 0.467. The third-order valence-electron chi connectivity index (χ3n) is 7.87. The lowest BCUT2D eigenvalue weighted by molar-refractivity contribution is -0.154. The van der Waals surface area contributed by atoms with E-state index >= 15 is 0 Å². The van der Waals surface area contributed by atoms with Gasteiger partial charge in [0.05, 0.1) is 0 Å². The summed E-state index contributed by atoms with van der Waals surface area (Å²) in [5, 5.41) is 0.510. The third-order valence-corrected chi connectivity index (χ3v) is 7.87. The minimum Gasteiger partial charge on any atom is -0.285 e. The van der Waals surface area contributed by atoms with Crippen molar-refractivity contribution in [2.45, 2.75) is 89.8 Å². The van der Waals surface area contributed by atoms with E-state index in [2.05, 4.69) is 21.7 Å². The highest BCUT2D eigenvalue weighted by atomic mass is 16.2. The van der Waals surface area contributed by atoms with Crippen molar-refractivity contribution in [3.05, 3.63) is 0 Å². The Hall–Kier alpha value is -0.795. The van der Waals surface area contributed by atoms with E-state index in [0.717, 1.165) is 38.0 Å². The summed E-state index contributed by atoms with van der Waals surface area (Å²) in [6.07, 6.45) is 13.0. The second-order valence-electron chi connectivity index (χ2n) is 10.2. The molecule has 0 aromatic carbocycles. The lowest BCUT2D eigenvalue weighted by Crippen LogP contribution is -2.47. The average molecular weight is 345 g/mol. The van der Waals surface area contributed by atoms with Gasteiger partial charge in [0.15, 0.2) is 0 Å². The molecule has 1 saturated heterocycles. The van der Waals surface area contributed by atoms with E-state index in [1.54, 1.807) is 7.05 Å². The molecule has 0 aromatic rings. The Morgan fingerprint density at radius 1 is 0.880 bits per heavy atom. The molecular weight excluding hydrogens is 309 g/mol. The summed E-state index contributed by atoms with van der Waals surface area (Å²) >= 11 is 0. The van der Waals surface area contributed by atoms with Gasteiger partial charge in [0.2, 0.25) is 11.8 Å². The van der Waals surface area contributed by atoms with E-state index in [1.165, 1.54) is 43.4 Å². The van der Waals surface area contributed by atoms with Gasteiger partial charge in [-0.25, -0.2) is 0 Å². The van der Waals surface area contributed by atoms with Crippen LogP contribution >= 0.6 is 0 Å². The Morgan fingerprint density at radius 3 is 1.84 bits per heavy atom. The van der Waals surface area contributed by atoms with E-state index in [4.69, 9.17) is 0 Å². The van der Waals surface area contributed by atoms with Crippen LogP contribution in [0.3, 0.4) is 0 Å². The van der Waals surface area contributed by atoms with Crippen LogP contribution < -0.4 is 0 Å². The zero-order valence-corrected chi connectivity index (χ0v) is 16.8. The molecule has 3 fully saturated rings. The summed E-state index contributed by atoms with van der Waals surface area (Å²) in [4.78, 5) is 26.3. The van der Waals surface area contributed by atoms with Gasteiger partial charge in [-0.3, -0.25) is 14.5 Å². The smallest absolute Gasteiger partial charge is 0.232 e. The maximum atomic E-state index is 12.4. The van der Waals surface area contributed by atoms with Crippen molar-refractivity contribution in [1.82, 2.24) is 4.90 Å². The maximum absolute atomic E-state index is 12.4. The maximum Gasteiger partial charge on any atom is 0.232 e. The van der Waals surface area contributed by atoms with E-state index in [-0.39, 0.29) is 23.7 Å². The molecule has 2 aliphatic carbocycles. The number of hydrogen-bond acceptors (Lipinski definition) is 2. The van der Waals surface area contributed by atoms with Crippen molar-refractivity contribution >= 4 is 19.7 Å². The Balaban J connectivity index is 1.68. The molecule has 4 heteroatoms. The van der Waals surface area contributed by atoms with Gasteiger partial charge in [-0.1, -0.05) is 44.8 Å². The molecule has 2 amide bonds. The van der Waals surface area contributed by atoms with Crippen molar-refractivity contribution in [2.24, 2.45) is 23.2 Å². The minimum absolute atomic E-state index is 0.0731. The number of carbonyl (C=O) groups excluding carboxylic acids is 2. The van der Waals surface area contributed by atoms with Gasteiger partial charge in [0, 0.05) is 18.9 Å². The predicted molar refractivity (Wildman–Crippen MR) is 104 cm³/mol. The standard InChI is InChI=1S/C21H36BNO2/c1-20(10-12-21(2,22)13-11-20)17-8-4-6-15-14-16(7-5-9-17)19(25)23(3)18(15)24/h15-17H,4-14,22H2,1-3H3. The van der Waals surface area contributed by atoms with E-state index < -0.39 is 0 Å². The third kappa shape index (κ3) is 3.98. The number of nitrogens with zero attached hydrogens (tertiary/aromatic N) is 1. The number of likely N-dealkylation sites (tertiary alicyclic amines) is 1. The molecule has 1 aliphatic heterocycles. The molecule has 0 N–H and O–H groups in total. The van der Waals surface area contributed by atoms with Crippen LogP contribution in [0.15, 0.2) is 0 Å². The first-order valence-electron chi connectivity index (χ1n) is 10.5. The summed E-state index contributed by atoms with van der Waals surface area (Å²) in [6.45, 7) is 4.93. The molecule has 0 aromatic heterocycles. The zero-order chi connectivity index (χ0) is 18.2. The van der Waals surface area contributed by atoms with Gasteiger partial charge in [0.1, 0.15) is 7.85 Å². The number of hydrogen-bond donors (Lipinski definition) is 0. The highest BCUT2D eigenvalue weighted by Gasteiger charge is 2.42. The molecule has 140 valence electrons. The quantitative estimate of drug-likeness (QED) is 0.533. The number of piperidine rings is 1. The van der Waals surface area contributed by atoms with Crippen molar-refractivity contribution in [3.8, 4) is 0 Å². The average Bonchev–Trinajstić information content (AvgIpc) is 2.58. The molecule has 2 bridgehead atoms. The molecule has 0 spiro atoms. The number of rotatable bonds is 1. The minimum atomic E-state index is 0.0731. The molecule has 3 aliphatic rings. The largest absolute Gasteiger partial charge is 0.285 e. The second-order valence-corrected chi connectivity index (χ2v) is 10.2. The fraction of sp³-hybridized carbons (Fsp3) is 0.905. The van der Waals surface area contributed by atoms with Gasteiger partial charge in [-0.05, 0) is 56.3 Å². The van der Waals surface area contributed by atoms with Crippen LogP contribution in [0, 0.1) is 23.2 Å². The molecule has 2 atom stereocenters. The Labute approximate surface area is 154 Å². The van der Waals surface area contributed by atoms with Gasteiger partial charge in [-0.15, -0.1) is 0 Å². The SMILES string of the molecule is BC1(C)CCC(C)(C2CCCC3CC(CCC2)C(=O)N(C)C3=O)CC1. The first-order chi connectivity index (χ1) is 11.7. The molecular formula is C21H36BNO2. The summed E-state index contributed by atoms with van der Waals surface area (Å²) < 4.78 is 0. The Morgan fingerprint density at radius 2 is 1.36 bits per heavy atom. The lowest BCUT2D eigenvalue weighted by Gasteiger charge is -2.47. The number of fused-ring (bicyclic) bond motifs is 2. The number of carbonyl (C=O) groups is 2. The van der Waals surface area contributed by atoms with E-state index in [1.807, 2.05) is 0 Å². The van der Waals surface area contributed by atoms with Crippen LogP contribution in [0.5, 0.6) is 0 Å². The van der Waals surface area contributed by atoms with Crippen LogP contribution in [0.25, 0.3) is 0 Å². The number of amides is 2. The zero-order valence-electron chi connectivity index (χ0n) is 16.8. The molecule has 1 heterocycles. The fourth-order valence-electron chi connectivity index (χ4n) is 5.65. The summed E-state index contributed by atoms with van der Waals surface area (Å²) in [6, 6.07) is 0. The Kier molecular flexibility index (Phi) is 5.37. The van der Waals surface area contributed by atoms with Gasteiger partial charge >= 0.3 is 0 Å². The molecule has 25 heavy (non-hydrogen) atoms. The van der Waals surface area contributed by atoms with Crippen LogP contribution in [0.2, 0.25) is 5.31 Å². The van der Waals surface area contributed by atoms with Crippen molar-refractivity contribution < 1.29 is 9.59 Å². The molecule has 3 nitrogen and oxygen atoms in total. The van der Waals surface area contributed by atoms with Crippen LogP contribution in [0.1, 0.15) is 84.5 Å². The van der Waals surface area contributed by atoms with Crippen LogP contribution in [-0.4, -0.2) is 31.6 Å². The monoisotopic (exact) mass is 345 g/mol. The normalized spacial score (nSPS) is 43.8. The van der Waals surface area contributed by atoms with Crippen molar-refractivity contribution in [1.29, 1.82) is 0 Å². The van der Waals surface area contributed by atoms with Gasteiger partial charge in [-0.2, -0.15) is 0 Å². The van der Waals surface area contributed by atoms with E-state index in [0.29, 0.717) is 10.7 Å². The molecule has 0 radical (unpaired) electrons. The van der Waals surface area contributed by atoms with Gasteiger partial charge < -0.3 is 0 Å². The highest BCUT2D eigenvalue weighted by Crippen LogP contribution is 2.53. The highest BCUT2D eigenvalue weighted by molar-refractivity contribution is 6.14. The number of imide groups is 1. The molecule has 2 unspecified atom stereocenters. The lowest BCUT2D eigenvalue weighted by atomic mass is 9.53. The predicted octanol–water partition coefficient (Wildman–Crippen LogP) is 3.97. The van der Waals surface area contributed by atoms with Crippen molar-refractivity contribution in [3.63, 3.8) is 0 Å². The first kappa shape index (κ1) is 19.0.